The standard InChI is InChI=1S/C12H27NO3/c1-10(2)7-11(3)16-9-12(14)8-13-5-6-15-4/h10-14H,5-9H2,1-4H3. The lowest BCUT2D eigenvalue weighted by Crippen LogP contribution is -2.33. The number of aliphatic hydroxyl groups excluding tert-OH is 1. The zero-order chi connectivity index (χ0) is 12.4. The van der Waals surface area contributed by atoms with Crippen LogP contribution in [0.25, 0.3) is 0 Å². The van der Waals surface area contributed by atoms with Crippen molar-refractivity contribution in [2.24, 2.45) is 5.92 Å². The van der Waals surface area contributed by atoms with Crippen LogP contribution in [0.5, 0.6) is 0 Å². The fourth-order valence-corrected chi connectivity index (χ4v) is 1.51. The van der Waals surface area contributed by atoms with Crippen LogP contribution in [-0.2, 0) is 9.47 Å². The van der Waals surface area contributed by atoms with E-state index < -0.39 is 6.10 Å². The SMILES string of the molecule is COCCNCC(O)COC(C)CC(C)C. The van der Waals surface area contributed by atoms with E-state index in [4.69, 9.17) is 9.47 Å². The Morgan fingerprint density at radius 1 is 1.25 bits per heavy atom. The molecule has 98 valence electrons. The van der Waals surface area contributed by atoms with Gasteiger partial charge in [0.1, 0.15) is 0 Å². The lowest BCUT2D eigenvalue weighted by molar-refractivity contribution is -0.00878. The van der Waals surface area contributed by atoms with Crippen LogP contribution in [0.15, 0.2) is 0 Å². The first-order valence-corrected chi connectivity index (χ1v) is 6.05. The topological polar surface area (TPSA) is 50.7 Å². The van der Waals surface area contributed by atoms with Crippen LogP contribution in [0.2, 0.25) is 0 Å². The zero-order valence-electron chi connectivity index (χ0n) is 11.0. The quantitative estimate of drug-likeness (QED) is 0.553. The van der Waals surface area contributed by atoms with Gasteiger partial charge in [-0.15, -0.1) is 0 Å². The first kappa shape index (κ1) is 15.8. The van der Waals surface area contributed by atoms with Crippen molar-refractivity contribution in [3.05, 3.63) is 0 Å². The highest BCUT2D eigenvalue weighted by Crippen LogP contribution is 2.07. The number of aliphatic hydroxyl groups is 1. The van der Waals surface area contributed by atoms with Gasteiger partial charge in [-0.2, -0.15) is 0 Å². The van der Waals surface area contributed by atoms with Crippen molar-refractivity contribution in [3.63, 3.8) is 0 Å². The van der Waals surface area contributed by atoms with E-state index in [0.717, 1.165) is 13.0 Å². The van der Waals surface area contributed by atoms with Gasteiger partial charge in [-0.25, -0.2) is 0 Å². The summed E-state index contributed by atoms with van der Waals surface area (Å²) >= 11 is 0. The Labute approximate surface area is 99.3 Å². The van der Waals surface area contributed by atoms with E-state index >= 15 is 0 Å². The third-order valence-electron chi connectivity index (χ3n) is 2.24. The van der Waals surface area contributed by atoms with Crippen LogP contribution in [0.4, 0.5) is 0 Å². The third-order valence-corrected chi connectivity index (χ3v) is 2.24. The molecule has 0 aromatic carbocycles. The Bertz CT molecular complexity index is 153. The fraction of sp³-hybridized carbons (Fsp3) is 1.00. The molecule has 2 unspecified atom stereocenters. The molecule has 0 saturated carbocycles. The predicted octanol–water partition coefficient (Wildman–Crippen LogP) is 1.03. The van der Waals surface area contributed by atoms with Gasteiger partial charge < -0.3 is 19.9 Å². The molecule has 0 heterocycles. The number of hydrogen-bond acceptors (Lipinski definition) is 4. The van der Waals surface area contributed by atoms with Gasteiger partial charge in [0.05, 0.1) is 25.4 Å². The maximum atomic E-state index is 9.60. The highest BCUT2D eigenvalue weighted by molar-refractivity contribution is 4.60. The van der Waals surface area contributed by atoms with E-state index in [2.05, 4.69) is 19.2 Å². The lowest BCUT2D eigenvalue weighted by Gasteiger charge is -2.18. The van der Waals surface area contributed by atoms with Crippen molar-refractivity contribution < 1.29 is 14.6 Å². The minimum absolute atomic E-state index is 0.216. The van der Waals surface area contributed by atoms with E-state index in [1.807, 2.05) is 6.92 Å². The Kier molecular flexibility index (Phi) is 9.92. The first-order chi connectivity index (χ1) is 7.56. The minimum atomic E-state index is -0.438. The molecule has 16 heavy (non-hydrogen) atoms. The highest BCUT2D eigenvalue weighted by atomic mass is 16.5. The van der Waals surface area contributed by atoms with Crippen molar-refractivity contribution in [1.82, 2.24) is 5.32 Å². The van der Waals surface area contributed by atoms with E-state index in [1.165, 1.54) is 0 Å². The van der Waals surface area contributed by atoms with E-state index in [1.54, 1.807) is 7.11 Å². The van der Waals surface area contributed by atoms with Gasteiger partial charge in [0, 0.05) is 20.2 Å². The van der Waals surface area contributed by atoms with Crippen LogP contribution >= 0.6 is 0 Å². The molecular weight excluding hydrogens is 206 g/mol. The summed E-state index contributed by atoms with van der Waals surface area (Å²) in [5, 5.41) is 12.7. The largest absolute Gasteiger partial charge is 0.389 e. The maximum absolute atomic E-state index is 9.60. The third kappa shape index (κ3) is 10.4. The molecule has 0 amide bonds. The number of methoxy groups -OCH3 is 1. The van der Waals surface area contributed by atoms with Crippen molar-refractivity contribution in [2.75, 3.05) is 33.4 Å². The molecule has 0 rings (SSSR count). The molecule has 0 aliphatic rings. The number of hydrogen-bond donors (Lipinski definition) is 2. The van der Waals surface area contributed by atoms with Gasteiger partial charge in [-0.3, -0.25) is 0 Å². The van der Waals surface area contributed by atoms with Gasteiger partial charge in [0.15, 0.2) is 0 Å². The van der Waals surface area contributed by atoms with E-state index in [9.17, 15) is 5.11 Å². The van der Waals surface area contributed by atoms with Crippen molar-refractivity contribution in [2.45, 2.75) is 39.4 Å². The summed E-state index contributed by atoms with van der Waals surface area (Å²) in [6.07, 6.45) is 0.809. The fourth-order valence-electron chi connectivity index (χ4n) is 1.51. The van der Waals surface area contributed by atoms with Crippen molar-refractivity contribution in [1.29, 1.82) is 0 Å². The summed E-state index contributed by atoms with van der Waals surface area (Å²) in [5.74, 6) is 0.631. The molecule has 0 aliphatic heterocycles. The van der Waals surface area contributed by atoms with Crippen LogP contribution < -0.4 is 5.32 Å². The van der Waals surface area contributed by atoms with Gasteiger partial charge in [-0.1, -0.05) is 13.8 Å². The molecule has 0 bridgehead atoms. The predicted molar refractivity (Wildman–Crippen MR) is 65.6 cm³/mol. The summed E-state index contributed by atoms with van der Waals surface area (Å²) in [6.45, 7) is 8.76. The average molecular weight is 233 g/mol. The summed E-state index contributed by atoms with van der Waals surface area (Å²) in [5.41, 5.74) is 0. The summed E-state index contributed by atoms with van der Waals surface area (Å²) in [6, 6.07) is 0. The molecule has 0 aliphatic carbocycles. The number of nitrogens with one attached hydrogen (secondary N) is 1. The molecule has 0 saturated heterocycles. The van der Waals surface area contributed by atoms with Crippen LogP contribution in [0, 0.1) is 5.92 Å². The van der Waals surface area contributed by atoms with Gasteiger partial charge >= 0.3 is 0 Å². The maximum Gasteiger partial charge on any atom is 0.0897 e. The molecule has 0 radical (unpaired) electrons. The molecule has 2 N–H and O–H groups in total. The molecule has 2 atom stereocenters. The number of ether oxygens (including phenoxy) is 2. The second kappa shape index (κ2) is 10.0. The molecule has 0 fully saturated rings. The monoisotopic (exact) mass is 233 g/mol. The van der Waals surface area contributed by atoms with Gasteiger partial charge in [-0.05, 0) is 19.3 Å². The lowest BCUT2D eigenvalue weighted by atomic mass is 10.1. The molecule has 0 spiro atoms. The Hall–Kier alpha value is -0.160. The summed E-state index contributed by atoms with van der Waals surface area (Å²) < 4.78 is 10.4. The smallest absolute Gasteiger partial charge is 0.0897 e. The second-order valence-electron chi connectivity index (χ2n) is 4.62. The molecule has 4 heteroatoms. The normalized spacial score (nSPS) is 15.4. The molecule has 4 nitrogen and oxygen atoms in total. The Balaban J connectivity index is 3.38. The van der Waals surface area contributed by atoms with E-state index in [-0.39, 0.29) is 6.10 Å². The molecular formula is C12H27NO3. The Morgan fingerprint density at radius 3 is 2.50 bits per heavy atom. The zero-order valence-corrected chi connectivity index (χ0v) is 11.0. The number of rotatable bonds is 10. The minimum Gasteiger partial charge on any atom is -0.389 e. The molecule has 0 aromatic rings. The average Bonchev–Trinajstić information content (AvgIpc) is 2.20. The van der Waals surface area contributed by atoms with Gasteiger partial charge in [0.2, 0.25) is 0 Å². The summed E-state index contributed by atoms with van der Waals surface area (Å²) in [7, 11) is 1.66. The van der Waals surface area contributed by atoms with Crippen LogP contribution in [0.1, 0.15) is 27.2 Å². The van der Waals surface area contributed by atoms with Crippen LogP contribution in [-0.4, -0.2) is 50.7 Å². The van der Waals surface area contributed by atoms with Crippen molar-refractivity contribution in [3.8, 4) is 0 Å². The van der Waals surface area contributed by atoms with Crippen LogP contribution in [0.3, 0.4) is 0 Å². The second-order valence-corrected chi connectivity index (χ2v) is 4.62. The van der Waals surface area contributed by atoms with Crippen molar-refractivity contribution >= 4 is 0 Å². The molecule has 0 aromatic heterocycles. The van der Waals surface area contributed by atoms with Gasteiger partial charge in [0.25, 0.3) is 0 Å². The Morgan fingerprint density at radius 2 is 1.94 bits per heavy atom. The highest BCUT2D eigenvalue weighted by Gasteiger charge is 2.09. The summed E-state index contributed by atoms with van der Waals surface area (Å²) in [4.78, 5) is 0. The van der Waals surface area contributed by atoms with E-state index in [0.29, 0.717) is 25.7 Å². The first-order valence-electron chi connectivity index (χ1n) is 6.05.